The van der Waals surface area contributed by atoms with Crippen LogP contribution in [0.5, 0.6) is 5.75 Å². The Morgan fingerprint density at radius 3 is 2.33 bits per heavy atom. The van der Waals surface area contributed by atoms with Gasteiger partial charge in [0, 0.05) is 0 Å². The van der Waals surface area contributed by atoms with Crippen molar-refractivity contribution >= 4 is 11.6 Å². The van der Waals surface area contributed by atoms with Crippen LogP contribution in [0.25, 0.3) is 0 Å². The van der Waals surface area contributed by atoms with E-state index in [0.29, 0.717) is 0 Å². The second kappa shape index (κ2) is 5.21. The highest BCUT2D eigenvalue weighted by Gasteiger charge is 2.12. The number of rotatable bonds is 5. The Hall–Kier alpha value is -1.75. The molecule has 0 radical (unpaired) electrons. The van der Waals surface area contributed by atoms with E-state index in [4.69, 9.17) is 9.84 Å². The minimum absolute atomic E-state index is 0.287. The zero-order chi connectivity index (χ0) is 11.3. The summed E-state index contributed by atoms with van der Waals surface area (Å²) < 4.78 is 17.4. The van der Waals surface area contributed by atoms with Gasteiger partial charge >= 0.3 is 0 Å². The monoisotopic (exact) mass is 212 g/mol. The number of carbonyl (C=O) groups is 2. The van der Waals surface area contributed by atoms with Gasteiger partial charge in [-0.05, 0) is 24.3 Å². The molecular formula is C10H9FO4. The first kappa shape index (κ1) is 11.3. The molecule has 0 aliphatic carbocycles. The summed E-state index contributed by atoms with van der Waals surface area (Å²) in [5.74, 6) is -1.85. The van der Waals surface area contributed by atoms with Crippen LogP contribution < -0.4 is 4.74 Å². The molecular weight excluding hydrogens is 203 g/mol. The molecule has 0 fully saturated rings. The molecule has 0 saturated carbocycles. The Balaban J connectivity index is 2.47. The van der Waals surface area contributed by atoms with Gasteiger partial charge in [-0.1, -0.05) is 0 Å². The SMILES string of the molecule is O=C(CO)C(=O)COc1ccc(F)cc1. The minimum atomic E-state index is -0.905. The predicted octanol–water partition coefficient (Wildman–Crippen LogP) is 0.335. The largest absolute Gasteiger partial charge is 0.485 e. The fraction of sp³-hybridized carbons (Fsp3) is 0.200. The van der Waals surface area contributed by atoms with Gasteiger partial charge in [-0.25, -0.2) is 4.39 Å². The van der Waals surface area contributed by atoms with Crippen LogP contribution in [0.4, 0.5) is 4.39 Å². The maximum absolute atomic E-state index is 12.5. The molecule has 0 bridgehead atoms. The van der Waals surface area contributed by atoms with E-state index in [-0.39, 0.29) is 5.75 Å². The van der Waals surface area contributed by atoms with E-state index in [1.165, 1.54) is 24.3 Å². The van der Waals surface area contributed by atoms with Gasteiger partial charge in [0.15, 0.2) is 6.61 Å². The van der Waals surface area contributed by atoms with Crippen molar-refractivity contribution in [3.63, 3.8) is 0 Å². The number of aliphatic hydroxyl groups is 1. The molecule has 15 heavy (non-hydrogen) atoms. The van der Waals surface area contributed by atoms with E-state index in [9.17, 15) is 14.0 Å². The Morgan fingerprint density at radius 1 is 1.20 bits per heavy atom. The summed E-state index contributed by atoms with van der Waals surface area (Å²) in [6.45, 7) is -1.28. The molecule has 0 atom stereocenters. The second-order valence-corrected chi connectivity index (χ2v) is 2.75. The highest BCUT2D eigenvalue weighted by molar-refractivity contribution is 6.38. The summed E-state index contributed by atoms with van der Waals surface area (Å²) in [7, 11) is 0. The molecule has 4 nitrogen and oxygen atoms in total. The number of carbonyl (C=O) groups excluding carboxylic acids is 2. The highest BCUT2D eigenvalue weighted by atomic mass is 19.1. The molecule has 1 rings (SSSR count). The number of Topliss-reactive ketones (excluding diaryl/α,β-unsaturated/α-hetero) is 2. The van der Waals surface area contributed by atoms with Crippen LogP contribution in [0.15, 0.2) is 24.3 Å². The van der Waals surface area contributed by atoms with Crippen molar-refractivity contribution in [1.82, 2.24) is 0 Å². The maximum atomic E-state index is 12.5. The first-order chi connectivity index (χ1) is 7.13. The number of benzene rings is 1. The van der Waals surface area contributed by atoms with Crippen molar-refractivity contribution in [3.8, 4) is 5.75 Å². The fourth-order valence-corrected chi connectivity index (χ4v) is 0.848. The lowest BCUT2D eigenvalue weighted by Crippen LogP contribution is -2.24. The second-order valence-electron chi connectivity index (χ2n) is 2.75. The molecule has 0 amide bonds. The standard InChI is InChI=1S/C10H9FO4/c11-7-1-3-8(4-2-7)15-6-10(14)9(13)5-12/h1-4,12H,5-6H2. The lowest BCUT2D eigenvalue weighted by atomic mass is 10.3. The van der Waals surface area contributed by atoms with Gasteiger partial charge in [-0.2, -0.15) is 0 Å². The normalized spacial score (nSPS) is 9.73. The van der Waals surface area contributed by atoms with Gasteiger partial charge in [0.1, 0.15) is 18.2 Å². The molecule has 0 aliphatic heterocycles. The molecule has 0 aliphatic rings. The Morgan fingerprint density at radius 2 is 1.80 bits per heavy atom. The number of aliphatic hydroxyl groups excluding tert-OH is 1. The van der Waals surface area contributed by atoms with E-state index in [2.05, 4.69) is 0 Å². The molecule has 5 heteroatoms. The van der Waals surface area contributed by atoms with Crippen molar-refractivity contribution in [2.45, 2.75) is 0 Å². The zero-order valence-electron chi connectivity index (χ0n) is 7.77. The first-order valence-electron chi connectivity index (χ1n) is 4.18. The lowest BCUT2D eigenvalue weighted by molar-refractivity contribution is -0.139. The molecule has 0 heterocycles. The number of hydrogen-bond acceptors (Lipinski definition) is 4. The van der Waals surface area contributed by atoms with Crippen LogP contribution in [-0.2, 0) is 9.59 Å². The van der Waals surface area contributed by atoms with Gasteiger partial charge < -0.3 is 9.84 Å². The lowest BCUT2D eigenvalue weighted by Gasteiger charge is -2.03. The maximum Gasteiger partial charge on any atom is 0.238 e. The summed E-state index contributed by atoms with van der Waals surface area (Å²) in [4.78, 5) is 21.6. The summed E-state index contributed by atoms with van der Waals surface area (Å²) >= 11 is 0. The van der Waals surface area contributed by atoms with E-state index in [1.807, 2.05) is 0 Å². The van der Waals surface area contributed by atoms with Crippen molar-refractivity contribution in [1.29, 1.82) is 0 Å². The van der Waals surface area contributed by atoms with E-state index in [0.717, 1.165) is 0 Å². The average molecular weight is 212 g/mol. The van der Waals surface area contributed by atoms with Gasteiger partial charge in [-0.3, -0.25) is 9.59 Å². The Kier molecular flexibility index (Phi) is 3.93. The number of ether oxygens (including phenoxy) is 1. The summed E-state index contributed by atoms with van der Waals surface area (Å²) in [5.41, 5.74) is 0. The van der Waals surface area contributed by atoms with Crippen molar-refractivity contribution in [3.05, 3.63) is 30.1 Å². The van der Waals surface area contributed by atoms with E-state index >= 15 is 0 Å². The van der Waals surface area contributed by atoms with Gasteiger partial charge in [0.25, 0.3) is 0 Å². The molecule has 1 N–H and O–H groups in total. The Labute approximate surface area is 85.3 Å². The number of halogens is 1. The van der Waals surface area contributed by atoms with Crippen molar-refractivity contribution in [2.24, 2.45) is 0 Å². The third kappa shape index (κ3) is 3.47. The molecule has 0 unspecified atom stereocenters. The van der Waals surface area contributed by atoms with Crippen LogP contribution in [-0.4, -0.2) is 29.9 Å². The van der Waals surface area contributed by atoms with E-state index < -0.39 is 30.6 Å². The minimum Gasteiger partial charge on any atom is -0.485 e. The zero-order valence-corrected chi connectivity index (χ0v) is 7.77. The average Bonchev–Trinajstić information content (AvgIpc) is 2.26. The fourth-order valence-electron chi connectivity index (χ4n) is 0.848. The van der Waals surface area contributed by atoms with Crippen LogP contribution in [0, 0.1) is 5.82 Å². The summed E-state index contributed by atoms with van der Waals surface area (Å²) in [5, 5.41) is 8.36. The van der Waals surface area contributed by atoms with Gasteiger partial charge in [0.2, 0.25) is 11.6 Å². The molecule has 80 valence electrons. The van der Waals surface area contributed by atoms with E-state index in [1.54, 1.807) is 0 Å². The van der Waals surface area contributed by atoms with Crippen LogP contribution in [0.2, 0.25) is 0 Å². The first-order valence-corrected chi connectivity index (χ1v) is 4.18. The summed E-state index contributed by atoms with van der Waals surface area (Å²) in [6, 6.07) is 5.03. The molecule has 1 aromatic carbocycles. The third-order valence-corrected chi connectivity index (χ3v) is 1.64. The third-order valence-electron chi connectivity index (χ3n) is 1.64. The van der Waals surface area contributed by atoms with Crippen LogP contribution in [0.3, 0.4) is 0 Å². The predicted molar refractivity (Wildman–Crippen MR) is 49.0 cm³/mol. The number of ketones is 2. The van der Waals surface area contributed by atoms with Gasteiger partial charge in [-0.15, -0.1) is 0 Å². The quantitative estimate of drug-likeness (QED) is 0.714. The van der Waals surface area contributed by atoms with Crippen molar-refractivity contribution < 1.29 is 23.8 Å². The molecule has 0 saturated heterocycles. The van der Waals surface area contributed by atoms with Crippen LogP contribution >= 0.6 is 0 Å². The highest BCUT2D eigenvalue weighted by Crippen LogP contribution is 2.10. The molecule has 1 aromatic rings. The Bertz CT molecular complexity index is 358. The van der Waals surface area contributed by atoms with Gasteiger partial charge in [0.05, 0.1) is 0 Å². The topological polar surface area (TPSA) is 63.6 Å². The molecule has 0 aromatic heterocycles. The number of hydrogen-bond donors (Lipinski definition) is 1. The van der Waals surface area contributed by atoms with Crippen LogP contribution in [0.1, 0.15) is 0 Å². The summed E-state index contributed by atoms with van der Waals surface area (Å²) in [6.07, 6.45) is 0. The molecule has 0 spiro atoms. The smallest absolute Gasteiger partial charge is 0.238 e. The van der Waals surface area contributed by atoms with Crippen molar-refractivity contribution in [2.75, 3.05) is 13.2 Å².